The lowest BCUT2D eigenvalue weighted by atomic mass is 10.0. The molecule has 0 aliphatic heterocycles. The number of guanidine groups is 1. The zero-order chi connectivity index (χ0) is 19.6. The highest BCUT2D eigenvalue weighted by Crippen LogP contribution is 2.14. The third-order valence-electron chi connectivity index (χ3n) is 4.60. The molecule has 0 bridgehead atoms. The van der Waals surface area contributed by atoms with Crippen molar-refractivity contribution in [1.29, 1.82) is 0 Å². The number of nitrogens with one attached hydrogen (secondary N) is 2. The number of thioether (sulfide) groups is 1. The van der Waals surface area contributed by atoms with Crippen LogP contribution in [0.2, 0.25) is 0 Å². The van der Waals surface area contributed by atoms with E-state index in [0.717, 1.165) is 42.9 Å². The Balaban J connectivity index is 1.96. The lowest BCUT2D eigenvalue weighted by molar-refractivity contribution is 0.688. The summed E-state index contributed by atoms with van der Waals surface area (Å²) in [5.41, 5.74) is 2.62. The molecule has 0 aliphatic carbocycles. The van der Waals surface area contributed by atoms with E-state index in [2.05, 4.69) is 65.2 Å². The van der Waals surface area contributed by atoms with Gasteiger partial charge in [-0.2, -0.15) is 11.8 Å². The molecule has 1 heterocycles. The second kappa shape index (κ2) is 11.0. The minimum Gasteiger partial charge on any atom is -0.356 e. The molecule has 1 aromatic carbocycles. The SMILES string of the molecule is CSCCCNC(=NCc1nnc(C)n1C)NCC(C)c1ccc(C)cc1. The molecule has 6 nitrogen and oxygen atoms in total. The molecule has 0 saturated heterocycles. The number of aliphatic imine (C=N–C) groups is 1. The van der Waals surface area contributed by atoms with E-state index in [1.165, 1.54) is 11.1 Å². The van der Waals surface area contributed by atoms with Gasteiger partial charge in [-0.1, -0.05) is 36.8 Å². The average Bonchev–Trinajstić information content (AvgIpc) is 2.99. The molecule has 0 fully saturated rings. The molecule has 1 aromatic heterocycles. The number of nitrogens with zero attached hydrogens (tertiary/aromatic N) is 4. The third-order valence-corrected chi connectivity index (χ3v) is 5.30. The van der Waals surface area contributed by atoms with Crippen molar-refractivity contribution < 1.29 is 0 Å². The van der Waals surface area contributed by atoms with Gasteiger partial charge in [-0.15, -0.1) is 10.2 Å². The summed E-state index contributed by atoms with van der Waals surface area (Å²) in [6, 6.07) is 8.73. The van der Waals surface area contributed by atoms with Gasteiger partial charge >= 0.3 is 0 Å². The first-order chi connectivity index (χ1) is 13.0. The standard InChI is InChI=1S/C20H32N6S/c1-15-7-9-18(10-8-15)16(2)13-22-20(21-11-6-12-27-5)23-14-19-25-24-17(3)26(19)4/h7-10,16H,6,11-14H2,1-5H3,(H2,21,22,23). The topological polar surface area (TPSA) is 67.1 Å². The maximum atomic E-state index is 4.71. The van der Waals surface area contributed by atoms with Crippen molar-refractivity contribution in [3.63, 3.8) is 0 Å². The van der Waals surface area contributed by atoms with Gasteiger partial charge in [0.15, 0.2) is 11.8 Å². The van der Waals surface area contributed by atoms with Crippen LogP contribution in [0.25, 0.3) is 0 Å². The van der Waals surface area contributed by atoms with Crippen LogP contribution in [0.3, 0.4) is 0 Å². The Labute approximate surface area is 167 Å². The molecular weight excluding hydrogens is 356 g/mol. The smallest absolute Gasteiger partial charge is 0.191 e. The molecule has 7 heteroatoms. The van der Waals surface area contributed by atoms with Gasteiger partial charge in [0, 0.05) is 20.1 Å². The van der Waals surface area contributed by atoms with Crippen molar-refractivity contribution in [2.75, 3.05) is 25.1 Å². The molecule has 1 atom stereocenters. The number of hydrogen-bond acceptors (Lipinski definition) is 4. The van der Waals surface area contributed by atoms with Crippen LogP contribution >= 0.6 is 11.8 Å². The van der Waals surface area contributed by atoms with Crippen LogP contribution in [0.4, 0.5) is 0 Å². The Morgan fingerprint density at radius 3 is 2.56 bits per heavy atom. The Hall–Kier alpha value is -2.02. The number of rotatable bonds is 9. The zero-order valence-corrected chi connectivity index (χ0v) is 17.9. The monoisotopic (exact) mass is 388 g/mol. The zero-order valence-electron chi connectivity index (χ0n) is 17.1. The van der Waals surface area contributed by atoms with Crippen molar-refractivity contribution >= 4 is 17.7 Å². The number of hydrogen-bond donors (Lipinski definition) is 2. The third kappa shape index (κ3) is 6.90. The maximum Gasteiger partial charge on any atom is 0.191 e. The summed E-state index contributed by atoms with van der Waals surface area (Å²) in [6.07, 6.45) is 3.24. The lowest BCUT2D eigenvalue weighted by Gasteiger charge is -2.17. The van der Waals surface area contributed by atoms with Crippen LogP contribution < -0.4 is 10.6 Å². The average molecular weight is 389 g/mol. The first kappa shape index (κ1) is 21.3. The van der Waals surface area contributed by atoms with Gasteiger partial charge in [0.05, 0.1) is 0 Å². The van der Waals surface area contributed by atoms with Gasteiger partial charge < -0.3 is 15.2 Å². The number of aromatic nitrogens is 3. The first-order valence-electron chi connectivity index (χ1n) is 9.43. The van der Waals surface area contributed by atoms with Crippen LogP contribution in [0, 0.1) is 13.8 Å². The van der Waals surface area contributed by atoms with Gasteiger partial charge in [-0.3, -0.25) is 0 Å². The van der Waals surface area contributed by atoms with E-state index in [-0.39, 0.29) is 0 Å². The Bertz CT molecular complexity index is 723. The van der Waals surface area contributed by atoms with Crippen molar-refractivity contribution in [2.45, 2.75) is 39.7 Å². The Morgan fingerprint density at radius 1 is 1.19 bits per heavy atom. The molecule has 27 heavy (non-hydrogen) atoms. The minimum absolute atomic E-state index is 0.404. The van der Waals surface area contributed by atoms with Gasteiger partial charge in [-0.25, -0.2) is 4.99 Å². The quantitative estimate of drug-likeness (QED) is 0.393. The molecule has 0 spiro atoms. The lowest BCUT2D eigenvalue weighted by Crippen LogP contribution is -2.39. The van der Waals surface area contributed by atoms with E-state index in [1.54, 1.807) is 0 Å². The fourth-order valence-corrected chi connectivity index (χ4v) is 3.03. The number of aryl methyl sites for hydroxylation is 2. The minimum atomic E-state index is 0.404. The van der Waals surface area contributed by atoms with Crippen molar-refractivity contribution in [1.82, 2.24) is 25.4 Å². The molecular formula is C20H32N6S. The molecule has 0 amide bonds. The molecule has 2 aromatic rings. The molecule has 0 radical (unpaired) electrons. The summed E-state index contributed by atoms with van der Waals surface area (Å²) < 4.78 is 1.98. The molecule has 1 unspecified atom stereocenters. The highest BCUT2D eigenvalue weighted by molar-refractivity contribution is 7.98. The summed E-state index contributed by atoms with van der Waals surface area (Å²) in [6.45, 7) is 8.54. The van der Waals surface area contributed by atoms with Gasteiger partial charge in [-0.05, 0) is 43.8 Å². The predicted molar refractivity (Wildman–Crippen MR) is 115 cm³/mol. The normalized spacial score (nSPS) is 12.9. The maximum absolute atomic E-state index is 4.71. The van der Waals surface area contributed by atoms with Gasteiger partial charge in [0.2, 0.25) is 0 Å². The highest BCUT2D eigenvalue weighted by Gasteiger charge is 2.08. The molecule has 0 aliphatic rings. The van der Waals surface area contributed by atoms with E-state index in [1.807, 2.05) is 30.3 Å². The van der Waals surface area contributed by atoms with Crippen LogP contribution in [0.1, 0.15) is 42.0 Å². The summed E-state index contributed by atoms with van der Waals surface area (Å²) in [5.74, 6) is 4.14. The van der Waals surface area contributed by atoms with Gasteiger partial charge in [0.1, 0.15) is 12.4 Å². The van der Waals surface area contributed by atoms with E-state index < -0.39 is 0 Å². The summed E-state index contributed by atoms with van der Waals surface area (Å²) in [4.78, 5) is 4.71. The van der Waals surface area contributed by atoms with E-state index in [0.29, 0.717) is 12.5 Å². The molecule has 148 valence electrons. The van der Waals surface area contributed by atoms with Crippen molar-refractivity contribution in [2.24, 2.45) is 12.0 Å². The summed E-state index contributed by atoms with van der Waals surface area (Å²) in [5, 5.41) is 15.2. The second-order valence-electron chi connectivity index (χ2n) is 6.85. The number of benzene rings is 1. The first-order valence-corrected chi connectivity index (χ1v) is 10.8. The summed E-state index contributed by atoms with van der Waals surface area (Å²) >= 11 is 1.86. The fraction of sp³-hybridized carbons (Fsp3) is 0.550. The van der Waals surface area contributed by atoms with Gasteiger partial charge in [0.25, 0.3) is 0 Å². The molecule has 0 saturated carbocycles. The van der Waals surface area contributed by atoms with E-state index >= 15 is 0 Å². The van der Waals surface area contributed by atoms with Crippen molar-refractivity contribution in [3.05, 3.63) is 47.0 Å². The van der Waals surface area contributed by atoms with Crippen LogP contribution in [0.15, 0.2) is 29.3 Å². The Morgan fingerprint density at radius 2 is 1.93 bits per heavy atom. The second-order valence-corrected chi connectivity index (χ2v) is 7.84. The summed E-state index contributed by atoms with van der Waals surface area (Å²) in [7, 11) is 1.97. The Kier molecular flexibility index (Phi) is 8.64. The largest absolute Gasteiger partial charge is 0.356 e. The fourth-order valence-electron chi connectivity index (χ4n) is 2.60. The van der Waals surface area contributed by atoms with Crippen LogP contribution in [-0.4, -0.2) is 45.8 Å². The van der Waals surface area contributed by atoms with Crippen LogP contribution in [0.5, 0.6) is 0 Å². The van der Waals surface area contributed by atoms with E-state index in [4.69, 9.17) is 4.99 Å². The van der Waals surface area contributed by atoms with Crippen LogP contribution in [-0.2, 0) is 13.6 Å². The predicted octanol–water partition coefficient (Wildman–Crippen LogP) is 3.02. The van der Waals surface area contributed by atoms with Crippen molar-refractivity contribution in [3.8, 4) is 0 Å². The highest BCUT2D eigenvalue weighted by atomic mass is 32.2. The molecule has 2 rings (SSSR count). The van der Waals surface area contributed by atoms with E-state index in [9.17, 15) is 0 Å². The molecule has 2 N–H and O–H groups in total.